The molecule has 4 aliphatic carbocycles. The quantitative estimate of drug-likeness (QED) is 0.561. The van der Waals surface area contributed by atoms with E-state index in [1.807, 2.05) is 0 Å². The molecule has 4 aliphatic rings. The van der Waals surface area contributed by atoms with Gasteiger partial charge >= 0.3 is 5.97 Å². The fraction of sp³-hybridized carbons (Fsp3) is 0.833. The number of hydrogen-bond acceptors (Lipinski definition) is 3. The van der Waals surface area contributed by atoms with E-state index in [4.69, 9.17) is 5.11 Å². The first kappa shape index (κ1) is 10.1. The zero-order valence-corrected chi connectivity index (χ0v) is 9.30. The number of rotatable bonds is 3. The highest BCUT2D eigenvalue weighted by molar-refractivity contribution is 6.21. The van der Waals surface area contributed by atoms with Gasteiger partial charge in [0.1, 0.15) is 6.21 Å². The van der Waals surface area contributed by atoms with Crippen LogP contribution >= 0.6 is 0 Å². The number of aliphatic carboxylic acids is 1. The molecule has 0 amide bonds. The molecule has 0 saturated heterocycles. The minimum atomic E-state index is -0.976. The maximum atomic E-state index is 10.4. The van der Waals surface area contributed by atoms with Crippen LogP contribution in [0, 0.1) is 23.7 Å². The van der Waals surface area contributed by atoms with Gasteiger partial charge in [0, 0.05) is 6.04 Å². The van der Waals surface area contributed by atoms with Gasteiger partial charge in [-0.1, -0.05) is 0 Å². The van der Waals surface area contributed by atoms with E-state index in [0.29, 0.717) is 6.04 Å². The molecular weight excluding hydrogens is 204 g/mol. The number of carbonyl (C=O) groups is 1. The number of hydrazone groups is 1. The molecule has 4 heteroatoms. The van der Waals surface area contributed by atoms with Gasteiger partial charge in [-0.25, -0.2) is 4.79 Å². The molecule has 2 N–H and O–H groups in total. The summed E-state index contributed by atoms with van der Waals surface area (Å²) in [7, 11) is 0. The van der Waals surface area contributed by atoms with E-state index in [-0.39, 0.29) is 0 Å². The van der Waals surface area contributed by atoms with Crippen molar-refractivity contribution in [3.63, 3.8) is 0 Å². The molecule has 0 radical (unpaired) electrons. The summed E-state index contributed by atoms with van der Waals surface area (Å²) in [4.78, 5) is 10.4. The predicted octanol–water partition coefficient (Wildman–Crippen LogP) is 1.47. The van der Waals surface area contributed by atoms with E-state index in [0.717, 1.165) is 29.9 Å². The van der Waals surface area contributed by atoms with Crippen molar-refractivity contribution in [2.75, 3.05) is 0 Å². The maximum absolute atomic E-state index is 10.4. The zero-order chi connectivity index (χ0) is 11.1. The molecule has 88 valence electrons. The van der Waals surface area contributed by atoms with Gasteiger partial charge in [0.15, 0.2) is 0 Å². The van der Waals surface area contributed by atoms with Crippen molar-refractivity contribution in [1.82, 2.24) is 5.43 Å². The first-order chi connectivity index (χ1) is 7.72. The lowest BCUT2D eigenvalue weighted by Gasteiger charge is -2.54. The van der Waals surface area contributed by atoms with Crippen LogP contribution in [0.1, 0.15) is 32.1 Å². The van der Waals surface area contributed by atoms with Gasteiger partial charge in [-0.05, 0) is 55.8 Å². The molecule has 4 fully saturated rings. The summed E-state index contributed by atoms with van der Waals surface area (Å²) in [6.45, 7) is 0. The Balaban J connectivity index is 1.65. The van der Waals surface area contributed by atoms with Crippen molar-refractivity contribution >= 4 is 12.2 Å². The second-order valence-corrected chi connectivity index (χ2v) is 5.68. The maximum Gasteiger partial charge on any atom is 0.348 e. The van der Waals surface area contributed by atoms with E-state index in [9.17, 15) is 4.79 Å². The Kier molecular flexibility index (Phi) is 2.37. The molecule has 0 aromatic rings. The lowest BCUT2D eigenvalue weighted by atomic mass is 9.54. The normalized spacial score (nSPS) is 45.1. The number of carboxylic acid groups (broad SMARTS) is 1. The molecule has 0 aromatic carbocycles. The van der Waals surface area contributed by atoms with Crippen LogP contribution in [0.15, 0.2) is 5.10 Å². The highest BCUT2D eigenvalue weighted by Crippen LogP contribution is 2.53. The van der Waals surface area contributed by atoms with E-state index in [1.54, 1.807) is 0 Å². The summed E-state index contributed by atoms with van der Waals surface area (Å²) in [5.41, 5.74) is 3.08. The van der Waals surface area contributed by atoms with Crippen LogP contribution in [0.25, 0.3) is 0 Å². The smallest absolute Gasteiger partial charge is 0.348 e. The van der Waals surface area contributed by atoms with E-state index in [1.165, 1.54) is 32.1 Å². The molecule has 0 unspecified atom stereocenters. The van der Waals surface area contributed by atoms with Crippen molar-refractivity contribution in [1.29, 1.82) is 0 Å². The lowest BCUT2D eigenvalue weighted by Crippen LogP contribution is -2.53. The first-order valence-corrected chi connectivity index (χ1v) is 6.24. The number of carboxylic acids is 1. The molecule has 4 rings (SSSR count). The Morgan fingerprint density at radius 2 is 1.69 bits per heavy atom. The fourth-order valence-electron chi connectivity index (χ4n) is 4.31. The van der Waals surface area contributed by atoms with Crippen molar-refractivity contribution < 1.29 is 9.90 Å². The number of nitrogens with zero attached hydrogens (tertiary/aromatic N) is 1. The summed E-state index contributed by atoms with van der Waals surface area (Å²) in [5.74, 6) is 2.40. The molecule has 0 spiro atoms. The molecular formula is C12H18N2O2. The minimum Gasteiger partial charge on any atom is -0.477 e. The van der Waals surface area contributed by atoms with Crippen LogP contribution in [-0.4, -0.2) is 23.3 Å². The van der Waals surface area contributed by atoms with Crippen LogP contribution in [0.3, 0.4) is 0 Å². The molecule has 16 heavy (non-hydrogen) atoms. The van der Waals surface area contributed by atoms with Crippen LogP contribution in [-0.2, 0) is 4.79 Å². The largest absolute Gasteiger partial charge is 0.477 e. The summed E-state index contributed by atoms with van der Waals surface area (Å²) in [6.07, 6.45) is 7.71. The van der Waals surface area contributed by atoms with Crippen LogP contribution < -0.4 is 5.43 Å². The Bertz CT molecular complexity index is 299. The molecule has 4 bridgehead atoms. The van der Waals surface area contributed by atoms with Crippen LogP contribution in [0.4, 0.5) is 0 Å². The van der Waals surface area contributed by atoms with Crippen molar-refractivity contribution in [3.8, 4) is 0 Å². The van der Waals surface area contributed by atoms with Gasteiger partial charge in [-0.15, -0.1) is 0 Å². The highest BCUT2D eigenvalue weighted by atomic mass is 16.4. The topological polar surface area (TPSA) is 61.7 Å². The molecule has 0 heterocycles. The Hall–Kier alpha value is -1.06. The Morgan fingerprint density at radius 3 is 2.19 bits per heavy atom. The second kappa shape index (κ2) is 3.75. The van der Waals surface area contributed by atoms with Crippen molar-refractivity contribution in [2.24, 2.45) is 28.8 Å². The average molecular weight is 222 g/mol. The molecule has 0 aromatic heterocycles. The predicted molar refractivity (Wildman–Crippen MR) is 60.1 cm³/mol. The lowest BCUT2D eigenvalue weighted by molar-refractivity contribution is -0.128. The first-order valence-electron chi connectivity index (χ1n) is 6.24. The Morgan fingerprint density at radius 1 is 1.12 bits per heavy atom. The zero-order valence-electron chi connectivity index (χ0n) is 9.30. The van der Waals surface area contributed by atoms with Crippen molar-refractivity contribution in [3.05, 3.63) is 0 Å². The summed E-state index contributed by atoms with van der Waals surface area (Å²) in [6, 6.07) is 0.434. The third-order valence-electron chi connectivity index (χ3n) is 4.63. The summed E-state index contributed by atoms with van der Waals surface area (Å²) >= 11 is 0. The van der Waals surface area contributed by atoms with Gasteiger partial charge in [-0.2, -0.15) is 5.10 Å². The molecule has 0 atom stereocenters. The monoisotopic (exact) mass is 222 g/mol. The highest BCUT2D eigenvalue weighted by Gasteiger charge is 2.48. The van der Waals surface area contributed by atoms with Gasteiger partial charge < -0.3 is 10.5 Å². The molecule has 4 saturated carbocycles. The van der Waals surface area contributed by atoms with Gasteiger partial charge in [0.05, 0.1) is 0 Å². The fourth-order valence-corrected chi connectivity index (χ4v) is 4.31. The standard InChI is InChI=1S/C12H18N2O2/c15-11(16)6-13-14-12-9-2-7-1-8(4-9)5-10(12)3-7/h6-10,12,14H,1-5H2,(H,15,16)/b13-6+. The van der Waals surface area contributed by atoms with Gasteiger partial charge in [0.2, 0.25) is 0 Å². The molecule has 0 aliphatic heterocycles. The van der Waals surface area contributed by atoms with E-state index in [2.05, 4.69) is 10.5 Å². The van der Waals surface area contributed by atoms with Crippen LogP contribution in [0.2, 0.25) is 0 Å². The SMILES string of the molecule is O=C(O)/C=N/NC1C2CC3CC(C2)CC1C3. The Labute approximate surface area is 95.1 Å². The van der Waals surface area contributed by atoms with E-state index >= 15 is 0 Å². The number of nitrogens with one attached hydrogen (secondary N) is 1. The molecule has 4 nitrogen and oxygen atoms in total. The third-order valence-corrected chi connectivity index (χ3v) is 4.63. The second-order valence-electron chi connectivity index (χ2n) is 5.68. The van der Waals surface area contributed by atoms with Crippen LogP contribution in [0.5, 0.6) is 0 Å². The van der Waals surface area contributed by atoms with Gasteiger partial charge in [-0.3, -0.25) is 0 Å². The summed E-state index contributed by atoms with van der Waals surface area (Å²) in [5, 5.41) is 12.3. The average Bonchev–Trinajstić information content (AvgIpc) is 2.20. The van der Waals surface area contributed by atoms with Crippen molar-refractivity contribution in [2.45, 2.75) is 38.1 Å². The third kappa shape index (κ3) is 1.70. The number of hydrogen-bond donors (Lipinski definition) is 2. The van der Waals surface area contributed by atoms with Gasteiger partial charge in [0.25, 0.3) is 0 Å². The summed E-state index contributed by atoms with van der Waals surface area (Å²) < 4.78 is 0. The minimum absolute atomic E-state index is 0.434. The van der Waals surface area contributed by atoms with E-state index < -0.39 is 5.97 Å².